The number of pyridine rings is 2. The van der Waals surface area contributed by atoms with Gasteiger partial charge in [0.25, 0.3) is 5.91 Å². The van der Waals surface area contributed by atoms with E-state index in [1.54, 1.807) is 6.20 Å². The number of anilines is 1. The summed E-state index contributed by atoms with van der Waals surface area (Å²) in [5, 5.41) is 0. The predicted molar refractivity (Wildman–Crippen MR) is 106 cm³/mol. The van der Waals surface area contributed by atoms with Crippen molar-refractivity contribution in [3.05, 3.63) is 54.6 Å². The molecule has 0 saturated carbocycles. The van der Waals surface area contributed by atoms with E-state index in [1.165, 1.54) is 12.8 Å². The fourth-order valence-electron chi connectivity index (χ4n) is 4.03. The van der Waals surface area contributed by atoms with E-state index in [0.717, 1.165) is 36.7 Å². The maximum atomic E-state index is 12.9. The molecule has 5 heterocycles. The Labute approximate surface area is 163 Å². The van der Waals surface area contributed by atoms with Crippen LogP contribution in [-0.2, 0) is 0 Å². The highest BCUT2D eigenvalue weighted by molar-refractivity contribution is 5.93. The van der Waals surface area contributed by atoms with Crippen molar-refractivity contribution < 1.29 is 9.53 Å². The average Bonchev–Trinajstić information content (AvgIpc) is 3.48. The van der Waals surface area contributed by atoms with Crippen molar-refractivity contribution in [2.45, 2.75) is 25.4 Å². The van der Waals surface area contributed by atoms with Crippen molar-refractivity contribution in [1.82, 2.24) is 19.3 Å². The number of nitrogens with zero attached hydrogens (tertiary/aromatic N) is 5. The van der Waals surface area contributed by atoms with Gasteiger partial charge in [-0.05, 0) is 37.1 Å². The number of rotatable bonds is 4. The van der Waals surface area contributed by atoms with E-state index < -0.39 is 0 Å². The minimum atomic E-state index is -0.0410. The van der Waals surface area contributed by atoms with Crippen LogP contribution in [0.5, 0.6) is 5.75 Å². The first kappa shape index (κ1) is 17.0. The molecule has 0 bridgehead atoms. The Hall–Kier alpha value is -3.09. The number of imidazole rings is 1. The van der Waals surface area contributed by atoms with E-state index >= 15 is 0 Å². The molecule has 0 aliphatic carbocycles. The molecule has 0 aromatic carbocycles. The van der Waals surface area contributed by atoms with Crippen molar-refractivity contribution in [3.8, 4) is 5.75 Å². The third-order valence-corrected chi connectivity index (χ3v) is 5.47. The Kier molecular flexibility index (Phi) is 4.35. The standard InChI is InChI=1S/C21H23N5O2/c27-21(17-15-25-12-2-1-7-19(25)23-17)26-13-8-16(14-26)28-18-6-5-9-22-20(18)24-10-3-4-11-24/h1-2,5-7,9,12,15-16H,3-4,8,10-11,13-14H2/t16-/m0/s1. The van der Waals surface area contributed by atoms with Crippen molar-refractivity contribution in [3.63, 3.8) is 0 Å². The van der Waals surface area contributed by atoms with Crippen LogP contribution in [0.1, 0.15) is 29.8 Å². The van der Waals surface area contributed by atoms with Crippen LogP contribution in [0.2, 0.25) is 0 Å². The fourth-order valence-corrected chi connectivity index (χ4v) is 4.03. The summed E-state index contributed by atoms with van der Waals surface area (Å²) < 4.78 is 8.14. The molecule has 2 aliphatic rings. The topological polar surface area (TPSA) is 63.0 Å². The number of hydrogen-bond donors (Lipinski definition) is 0. The quantitative estimate of drug-likeness (QED) is 0.699. The summed E-state index contributed by atoms with van der Waals surface area (Å²) in [4.78, 5) is 26.0. The molecule has 1 atom stereocenters. The molecule has 3 aromatic rings. The van der Waals surface area contributed by atoms with Gasteiger partial charge in [0.15, 0.2) is 11.6 Å². The van der Waals surface area contributed by atoms with Gasteiger partial charge >= 0.3 is 0 Å². The number of fused-ring (bicyclic) bond motifs is 1. The van der Waals surface area contributed by atoms with Gasteiger partial charge in [-0.1, -0.05) is 6.07 Å². The smallest absolute Gasteiger partial charge is 0.274 e. The zero-order valence-electron chi connectivity index (χ0n) is 15.7. The molecule has 2 aliphatic heterocycles. The SMILES string of the molecule is O=C(c1cn2ccccc2n1)N1CC[C@H](Oc2cccnc2N2CCCC2)C1. The lowest BCUT2D eigenvalue weighted by Gasteiger charge is -2.22. The summed E-state index contributed by atoms with van der Waals surface area (Å²) >= 11 is 0. The van der Waals surface area contributed by atoms with Gasteiger partial charge in [-0.3, -0.25) is 4.79 Å². The summed E-state index contributed by atoms with van der Waals surface area (Å²) in [6, 6.07) is 9.63. The first-order valence-electron chi connectivity index (χ1n) is 9.87. The van der Waals surface area contributed by atoms with Crippen molar-refractivity contribution >= 4 is 17.4 Å². The summed E-state index contributed by atoms with van der Waals surface area (Å²) in [5.41, 5.74) is 1.26. The van der Waals surface area contributed by atoms with Crippen LogP contribution in [0.3, 0.4) is 0 Å². The first-order chi connectivity index (χ1) is 13.8. The predicted octanol–water partition coefficient (Wildman–Crippen LogP) is 2.62. The molecule has 3 aromatic heterocycles. The second-order valence-corrected chi connectivity index (χ2v) is 7.39. The van der Waals surface area contributed by atoms with Gasteiger partial charge in [-0.25, -0.2) is 9.97 Å². The van der Waals surface area contributed by atoms with Crippen LogP contribution in [0, 0.1) is 0 Å². The Morgan fingerprint density at radius 3 is 2.86 bits per heavy atom. The molecule has 7 heteroatoms. The molecular weight excluding hydrogens is 354 g/mol. The van der Waals surface area contributed by atoms with Gasteiger partial charge in [-0.15, -0.1) is 0 Å². The molecule has 1 amide bonds. The minimum absolute atomic E-state index is 0.0217. The van der Waals surface area contributed by atoms with E-state index in [4.69, 9.17) is 4.74 Å². The van der Waals surface area contributed by atoms with Gasteiger partial charge in [-0.2, -0.15) is 0 Å². The number of likely N-dealkylation sites (tertiary alicyclic amines) is 1. The lowest BCUT2D eigenvalue weighted by molar-refractivity contribution is 0.0767. The van der Waals surface area contributed by atoms with Gasteiger partial charge in [0, 0.05) is 44.6 Å². The maximum absolute atomic E-state index is 12.9. The van der Waals surface area contributed by atoms with E-state index in [-0.39, 0.29) is 12.0 Å². The summed E-state index contributed by atoms with van der Waals surface area (Å²) in [6.45, 7) is 3.30. The molecule has 2 fully saturated rings. The number of amides is 1. The van der Waals surface area contributed by atoms with E-state index in [2.05, 4.69) is 14.9 Å². The largest absolute Gasteiger partial charge is 0.485 e. The highest BCUT2D eigenvalue weighted by Crippen LogP contribution is 2.30. The summed E-state index contributed by atoms with van der Waals surface area (Å²) in [5.74, 6) is 1.70. The third kappa shape index (κ3) is 3.17. The molecular formula is C21H23N5O2. The minimum Gasteiger partial charge on any atom is -0.485 e. The summed E-state index contributed by atoms with van der Waals surface area (Å²) in [6.07, 6.45) is 8.69. The van der Waals surface area contributed by atoms with Crippen LogP contribution in [0.4, 0.5) is 5.82 Å². The van der Waals surface area contributed by atoms with Crippen LogP contribution in [-0.4, -0.2) is 57.5 Å². The number of ether oxygens (including phenoxy) is 1. The molecule has 0 N–H and O–H groups in total. The van der Waals surface area contributed by atoms with Crippen molar-refractivity contribution in [2.24, 2.45) is 0 Å². The van der Waals surface area contributed by atoms with Gasteiger partial charge in [0.2, 0.25) is 0 Å². The number of carbonyl (C=O) groups excluding carboxylic acids is 1. The molecule has 0 spiro atoms. The van der Waals surface area contributed by atoms with E-state index in [9.17, 15) is 4.79 Å². The monoisotopic (exact) mass is 377 g/mol. The van der Waals surface area contributed by atoms with E-state index in [0.29, 0.717) is 18.8 Å². The van der Waals surface area contributed by atoms with Gasteiger partial charge < -0.3 is 18.9 Å². The fraction of sp³-hybridized carbons (Fsp3) is 0.381. The number of carbonyl (C=O) groups is 1. The Morgan fingerprint density at radius 1 is 1.11 bits per heavy atom. The molecule has 28 heavy (non-hydrogen) atoms. The zero-order chi connectivity index (χ0) is 18.9. The molecule has 5 rings (SSSR count). The lowest BCUT2D eigenvalue weighted by Crippen LogP contribution is -2.31. The number of aromatic nitrogens is 3. The first-order valence-corrected chi connectivity index (χ1v) is 9.87. The highest BCUT2D eigenvalue weighted by atomic mass is 16.5. The lowest BCUT2D eigenvalue weighted by atomic mass is 10.3. The van der Waals surface area contributed by atoms with Crippen molar-refractivity contribution in [2.75, 3.05) is 31.1 Å². The average molecular weight is 377 g/mol. The molecule has 0 unspecified atom stereocenters. The number of hydrogen-bond acceptors (Lipinski definition) is 5. The van der Waals surface area contributed by atoms with E-state index in [1.807, 2.05) is 52.0 Å². The maximum Gasteiger partial charge on any atom is 0.274 e. The molecule has 0 radical (unpaired) electrons. The Balaban J connectivity index is 1.28. The Morgan fingerprint density at radius 2 is 2.00 bits per heavy atom. The summed E-state index contributed by atoms with van der Waals surface area (Å²) in [7, 11) is 0. The Bertz CT molecular complexity index is 962. The third-order valence-electron chi connectivity index (χ3n) is 5.47. The zero-order valence-corrected chi connectivity index (χ0v) is 15.7. The molecule has 2 saturated heterocycles. The van der Waals surface area contributed by atoms with Crippen LogP contribution < -0.4 is 9.64 Å². The second-order valence-electron chi connectivity index (χ2n) is 7.39. The molecule has 144 valence electrons. The van der Waals surface area contributed by atoms with Crippen LogP contribution in [0.15, 0.2) is 48.9 Å². The van der Waals surface area contributed by atoms with Crippen molar-refractivity contribution in [1.29, 1.82) is 0 Å². The van der Waals surface area contributed by atoms with Crippen LogP contribution in [0.25, 0.3) is 5.65 Å². The highest BCUT2D eigenvalue weighted by Gasteiger charge is 2.30. The second kappa shape index (κ2) is 7.14. The molecule has 7 nitrogen and oxygen atoms in total. The normalized spacial score (nSPS) is 19.5. The van der Waals surface area contributed by atoms with Crippen LogP contribution >= 0.6 is 0 Å². The van der Waals surface area contributed by atoms with Gasteiger partial charge in [0.05, 0.1) is 6.54 Å². The van der Waals surface area contributed by atoms with Gasteiger partial charge in [0.1, 0.15) is 17.4 Å².